The van der Waals surface area contributed by atoms with Crippen LogP contribution in [0.15, 0.2) is 0 Å². The minimum absolute atomic E-state index is 0.884. The van der Waals surface area contributed by atoms with Crippen molar-refractivity contribution in [3.63, 3.8) is 0 Å². The molecule has 0 N–H and O–H groups in total. The first-order valence-electron chi connectivity index (χ1n) is 4.55. The van der Waals surface area contributed by atoms with Gasteiger partial charge in [0.2, 0.25) is 0 Å². The Morgan fingerprint density at radius 1 is 1.10 bits per heavy atom. The van der Waals surface area contributed by atoms with E-state index < -0.39 is 0 Å². The Morgan fingerprint density at radius 3 is 2.60 bits per heavy atom. The Morgan fingerprint density at radius 2 is 1.90 bits per heavy atom. The van der Waals surface area contributed by atoms with Crippen LogP contribution >= 0.6 is 0 Å². The van der Waals surface area contributed by atoms with Crippen LogP contribution in [0.1, 0.15) is 33.1 Å². The molecule has 58 valence electrons. The van der Waals surface area contributed by atoms with Gasteiger partial charge in [-0.1, -0.05) is 6.92 Å². The lowest BCUT2D eigenvalue weighted by atomic mass is 10.0. The van der Waals surface area contributed by atoms with Gasteiger partial charge < -0.3 is 0 Å². The van der Waals surface area contributed by atoms with Crippen molar-refractivity contribution >= 4 is 0 Å². The van der Waals surface area contributed by atoms with E-state index >= 15 is 0 Å². The SMILES string of the molecule is C[C@@H]1CCN2C1CC[C@@H]2C. The maximum absolute atomic E-state index is 2.70. The monoisotopic (exact) mass is 139 g/mol. The summed E-state index contributed by atoms with van der Waals surface area (Å²) < 4.78 is 0. The van der Waals surface area contributed by atoms with Crippen molar-refractivity contribution in [1.82, 2.24) is 4.90 Å². The third-order valence-electron chi connectivity index (χ3n) is 3.37. The fraction of sp³-hybridized carbons (Fsp3) is 1.00. The van der Waals surface area contributed by atoms with Gasteiger partial charge in [0, 0.05) is 12.1 Å². The van der Waals surface area contributed by atoms with Gasteiger partial charge in [-0.3, -0.25) is 4.90 Å². The maximum atomic E-state index is 2.70. The summed E-state index contributed by atoms with van der Waals surface area (Å²) in [5.41, 5.74) is 0. The van der Waals surface area contributed by atoms with Crippen molar-refractivity contribution in [2.75, 3.05) is 6.54 Å². The van der Waals surface area contributed by atoms with Crippen molar-refractivity contribution in [3.05, 3.63) is 0 Å². The van der Waals surface area contributed by atoms with Crippen molar-refractivity contribution in [2.24, 2.45) is 5.92 Å². The van der Waals surface area contributed by atoms with Crippen molar-refractivity contribution in [3.8, 4) is 0 Å². The molecule has 2 aliphatic rings. The van der Waals surface area contributed by atoms with Crippen LogP contribution in [0.2, 0.25) is 0 Å². The Balaban J connectivity index is 2.09. The summed E-state index contributed by atoms with van der Waals surface area (Å²) in [5.74, 6) is 0.977. The molecule has 2 heterocycles. The fourth-order valence-electron chi connectivity index (χ4n) is 2.61. The molecule has 2 saturated heterocycles. The highest BCUT2D eigenvalue weighted by Crippen LogP contribution is 2.35. The predicted molar refractivity (Wildman–Crippen MR) is 43.0 cm³/mol. The second kappa shape index (κ2) is 2.23. The van der Waals surface area contributed by atoms with E-state index in [1.165, 1.54) is 25.8 Å². The molecule has 1 nitrogen and oxygen atoms in total. The molecule has 1 heteroatoms. The normalized spacial score (nSPS) is 48.0. The summed E-state index contributed by atoms with van der Waals surface area (Å²) in [6, 6.07) is 1.84. The van der Waals surface area contributed by atoms with Gasteiger partial charge >= 0.3 is 0 Å². The third kappa shape index (κ3) is 0.800. The fourth-order valence-corrected chi connectivity index (χ4v) is 2.61. The highest BCUT2D eigenvalue weighted by molar-refractivity contribution is 4.93. The number of fused-ring (bicyclic) bond motifs is 1. The first kappa shape index (κ1) is 6.66. The molecule has 10 heavy (non-hydrogen) atoms. The zero-order valence-electron chi connectivity index (χ0n) is 7.01. The highest BCUT2D eigenvalue weighted by Gasteiger charge is 2.38. The molecule has 0 aliphatic carbocycles. The molecule has 0 saturated carbocycles. The smallest absolute Gasteiger partial charge is 0.0125 e. The minimum Gasteiger partial charge on any atom is -0.297 e. The Kier molecular flexibility index (Phi) is 1.48. The molecular formula is C9H17N. The Hall–Kier alpha value is -0.0400. The molecule has 0 bridgehead atoms. The summed E-state index contributed by atoms with van der Waals surface area (Å²) in [6.07, 6.45) is 4.34. The van der Waals surface area contributed by atoms with Gasteiger partial charge in [-0.05, 0) is 38.6 Å². The standard InChI is InChI=1S/C9H17N/c1-7-5-6-10-8(2)3-4-9(7)10/h7-9H,3-6H2,1-2H3/t7-,8+,9?/m1/s1. The largest absolute Gasteiger partial charge is 0.297 e. The second-order valence-electron chi connectivity index (χ2n) is 4.00. The molecule has 2 fully saturated rings. The highest BCUT2D eigenvalue weighted by atomic mass is 15.2. The van der Waals surface area contributed by atoms with E-state index in [-0.39, 0.29) is 0 Å². The van der Waals surface area contributed by atoms with Crippen LogP contribution in [0.4, 0.5) is 0 Å². The van der Waals surface area contributed by atoms with Gasteiger partial charge in [-0.25, -0.2) is 0 Å². The summed E-state index contributed by atoms with van der Waals surface area (Å²) in [7, 11) is 0. The van der Waals surface area contributed by atoms with Crippen LogP contribution in [-0.4, -0.2) is 23.5 Å². The molecule has 3 atom stereocenters. The second-order valence-corrected chi connectivity index (χ2v) is 4.00. The quantitative estimate of drug-likeness (QED) is 0.495. The predicted octanol–water partition coefficient (Wildman–Crippen LogP) is 1.88. The van der Waals surface area contributed by atoms with Crippen molar-refractivity contribution in [2.45, 2.75) is 45.2 Å². The average molecular weight is 139 g/mol. The summed E-state index contributed by atoms with van der Waals surface area (Å²) in [6.45, 7) is 6.15. The molecule has 0 spiro atoms. The van der Waals surface area contributed by atoms with Gasteiger partial charge in [-0.15, -0.1) is 0 Å². The van der Waals surface area contributed by atoms with E-state index in [1.54, 1.807) is 0 Å². The van der Waals surface area contributed by atoms with E-state index in [9.17, 15) is 0 Å². The first-order valence-corrected chi connectivity index (χ1v) is 4.55. The number of rotatable bonds is 0. The number of nitrogens with zero attached hydrogens (tertiary/aromatic N) is 1. The average Bonchev–Trinajstić information content (AvgIpc) is 2.41. The van der Waals surface area contributed by atoms with Crippen LogP contribution in [0, 0.1) is 5.92 Å². The lowest BCUT2D eigenvalue weighted by Gasteiger charge is -2.21. The number of hydrogen-bond donors (Lipinski definition) is 0. The molecule has 0 aromatic carbocycles. The van der Waals surface area contributed by atoms with Crippen LogP contribution in [-0.2, 0) is 0 Å². The van der Waals surface area contributed by atoms with Crippen molar-refractivity contribution < 1.29 is 0 Å². The van der Waals surface area contributed by atoms with E-state index in [1.807, 2.05) is 0 Å². The topological polar surface area (TPSA) is 3.24 Å². The van der Waals surface area contributed by atoms with Gasteiger partial charge in [-0.2, -0.15) is 0 Å². The Labute approximate surface area is 63.4 Å². The van der Waals surface area contributed by atoms with Crippen LogP contribution in [0.3, 0.4) is 0 Å². The molecule has 0 aromatic heterocycles. The third-order valence-corrected chi connectivity index (χ3v) is 3.37. The van der Waals surface area contributed by atoms with E-state index in [0.717, 1.165) is 18.0 Å². The zero-order chi connectivity index (χ0) is 7.14. The zero-order valence-corrected chi connectivity index (χ0v) is 7.01. The van der Waals surface area contributed by atoms with Gasteiger partial charge in [0.1, 0.15) is 0 Å². The Bertz CT molecular complexity index is 117. The molecule has 0 radical (unpaired) electrons. The lowest BCUT2D eigenvalue weighted by molar-refractivity contribution is 0.244. The molecule has 0 aromatic rings. The lowest BCUT2D eigenvalue weighted by Crippen LogP contribution is -2.30. The molecule has 2 aliphatic heterocycles. The van der Waals surface area contributed by atoms with Crippen LogP contribution in [0.25, 0.3) is 0 Å². The maximum Gasteiger partial charge on any atom is 0.0125 e. The summed E-state index contributed by atoms with van der Waals surface area (Å²) in [4.78, 5) is 2.70. The van der Waals surface area contributed by atoms with Crippen LogP contribution in [0.5, 0.6) is 0 Å². The molecule has 2 rings (SSSR count). The first-order chi connectivity index (χ1) is 4.79. The molecule has 0 amide bonds. The summed E-state index contributed by atoms with van der Waals surface area (Å²) >= 11 is 0. The van der Waals surface area contributed by atoms with E-state index in [0.29, 0.717) is 0 Å². The number of hydrogen-bond acceptors (Lipinski definition) is 1. The van der Waals surface area contributed by atoms with Crippen LogP contribution < -0.4 is 0 Å². The minimum atomic E-state index is 0.884. The molecule has 1 unspecified atom stereocenters. The van der Waals surface area contributed by atoms with E-state index in [2.05, 4.69) is 18.7 Å². The van der Waals surface area contributed by atoms with Crippen molar-refractivity contribution in [1.29, 1.82) is 0 Å². The van der Waals surface area contributed by atoms with E-state index in [4.69, 9.17) is 0 Å². The van der Waals surface area contributed by atoms with Gasteiger partial charge in [0.05, 0.1) is 0 Å². The molecular weight excluding hydrogens is 122 g/mol. The summed E-state index contributed by atoms with van der Waals surface area (Å²) in [5, 5.41) is 0. The van der Waals surface area contributed by atoms with Gasteiger partial charge in [0.15, 0.2) is 0 Å². The van der Waals surface area contributed by atoms with Gasteiger partial charge in [0.25, 0.3) is 0 Å².